The van der Waals surface area contributed by atoms with Crippen LogP contribution in [0.5, 0.6) is 11.5 Å². The quantitative estimate of drug-likeness (QED) is 0.841. The molecule has 1 atom stereocenters. The summed E-state index contributed by atoms with van der Waals surface area (Å²) in [5, 5.41) is 0. The molecule has 1 aliphatic rings. The van der Waals surface area contributed by atoms with Gasteiger partial charge in [-0.25, -0.2) is 0 Å². The van der Waals surface area contributed by atoms with Crippen LogP contribution >= 0.6 is 0 Å². The highest BCUT2D eigenvalue weighted by molar-refractivity contribution is 5.78. The Hall–Kier alpha value is -2.53. The van der Waals surface area contributed by atoms with Crippen LogP contribution in [0.2, 0.25) is 0 Å². The van der Waals surface area contributed by atoms with Crippen LogP contribution < -0.4 is 15.2 Å². The van der Waals surface area contributed by atoms with Gasteiger partial charge in [0.2, 0.25) is 0 Å². The van der Waals surface area contributed by atoms with Crippen molar-refractivity contribution in [3.63, 3.8) is 0 Å². The minimum Gasteiger partial charge on any atom is -0.485 e. The number of rotatable bonds is 7. The molecule has 2 N–H and O–H groups in total. The summed E-state index contributed by atoms with van der Waals surface area (Å²) in [4.78, 5) is 14.1. The molecule has 25 heavy (non-hydrogen) atoms. The molecule has 1 aliphatic heterocycles. The SMILES string of the molecule is NC[C@H]1CCN(C(=O)COc2ccccc2OCc2ccccc2)C1. The van der Waals surface area contributed by atoms with E-state index >= 15 is 0 Å². The maximum absolute atomic E-state index is 12.3. The Bertz CT molecular complexity index is 690. The van der Waals surface area contributed by atoms with Crippen LogP contribution in [-0.4, -0.2) is 37.0 Å². The topological polar surface area (TPSA) is 64.8 Å². The van der Waals surface area contributed by atoms with E-state index in [0.717, 1.165) is 25.1 Å². The molecule has 1 heterocycles. The van der Waals surface area contributed by atoms with Gasteiger partial charge in [-0.1, -0.05) is 42.5 Å². The largest absolute Gasteiger partial charge is 0.485 e. The molecule has 0 bridgehead atoms. The highest BCUT2D eigenvalue weighted by Crippen LogP contribution is 2.27. The van der Waals surface area contributed by atoms with E-state index < -0.39 is 0 Å². The highest BCUT2D eigenvalue weighted by Gasteiger charge is 2.25. The molecule has 2 aromatic rings. The highest BCUT2D eigenvalue weighted by atomic mass is 16.5. The number of benzene rings is 2. The van der Waals surface area contributed by atoms with E-state index in [9.17, 15) is 4.79 Å². The lowest BCUT2D eigenvalue weighted by Gasteiger charge is -2.17. The predicted molar refractivity (Wildman–Crippen MR) is 96.5 cm³/mol. The molecule has 132 valence electrons. The first-order chi connectivity index (χ1) is 12.3. The van der Waals surface area contributed by atoms with Crippen LogP contribution in [-0.2, 0) is 11.4 Å². The molecular formula is C20H24N2O3. The zero-order chi connectivity index (χ0) is 17.5. The van der Waals surface area contributed by atoms with Crippen LogP contribution in [0.3, 0.4) is 0 Å². The molecule has 2 aromatic carbocycles. The molecular weight excluding hydrogens is 316 g/mol. The van der Waals surface area contributed by atoms with Gasteiger partial charge in [-0.2, -0.15) is 0 Å². The van der Waals surface area contributed by atoms with E-state index in [2.05, 4.69) is 0 Å². The summed E-state index contributed by atoms with van der Waals surface area (Å²) in [6, 6.07) is 17.4. The average molecular weight is 340 g/mol. The number of ether oxygens (including phenoxy) is 2. The smallest absolute Gasteiger partial charge is 0.260 e. The maximum Gasteiger partial charge on any atom is 0.260 e. The lowest BCUT2D eigenvalue weighted by atomic mass is 10.1. The molecule has 1 saturated heterocycles. The first kappa shape index (κ1) is 17.3. The number of nitrogens with zero attached hydrogens (tertiary/aromatic N) is 1. The Kier molecular flexibility index (Phi) is 5.90. The molecule has 5 nitrogen and oxygen atoms in total. The molecule has 0 unspecified atom stereocenters. The fourth-order valence-corrected chi connectivity index (χ4v) is 2.91. The average Bonchev–Trinajstić information content (AvgIpc) is 3.15. The maximum atomic E-state index is 12.3. The minimum absolute atomic E-state index is 0.00573. The van der Waals surface area contributed by atoms with Gasteiger partial charge in [-0.05, 0) is 36.6 Å². The van der Waals surface area contributed by atoms with Crippen molar-refractivity contribution in [3.8, 4) is 11.5 Å². The Morgan fingerprint density at radius 2 is 1.72 bits per heavy atom. The molecule has 0 aromatic heterocycles. The molecule has 1 amide bonds. The lowest BCUT2D eigenvalue weighted by Crippen LogP contribution is -2.33. The zero-order valence-electron chi connectivity index (χ0n) is 14.3. The van der Waals surface area contributed by atoms with E-state index in [0.29, 0.717) is 30.6 Å². The number of hydrogen-bond acceptors (Lipinski definition) is 4. The molecule has 5 heteroatoms. The van der Waals surface area contributed by atoms with Gasteiger partial charge in [0.05, 0.1) is 0 Å². The second-order valence-electron chi connectivity index (χ2n) is 6.24. The summed E-state index contributed by atoms with van der Waals surface area (Å²) in [5.41, 5.74) is 6.76. The summed E-state index contributed by atoms with van der Waals surface area (Å²) < 4.78 is 11.6. The van der Waals surface area contributed by atoms with Crippen LogP contribution in [0.15, 0.2) is 54.6 Å². The van der Waals surface area contributed by atoms with Gasteiger partial charge in [0.1, 0.15) is 6.61 Å². The van der Waals surface area contributed by atoms with Crippen molar-refractivity contribution in [3.05, 3.63) is 60.2 Å². The third kappa shape index (κ3) is 4.73. The zero-order valence-corrected chi connectivity index (χ0v) is 14.3. The molecule has 0 spiro atoms. The second-order valence-corrected chi connectivity index (χ2v) is 6.24. The first-order valence-electron chi connectivity index (χ1n) is 8.62. The van der Waals surface area contributed by atoms with Gasteiger partial charge in [0, 0.05) is 13.1 Å². The number of hydrogen-bond donors (Lipinski definition) is 1. The Labute approximate surface area is 148 Å². The van der Waals surface area contributed by atoms with E-state index in [1.54, 1.807) is 0 Å². The van der Waals surface area contributed by atoms with Crippen molar-refractivity contribution in [2.45, 2.75) is 13.0 Å². The molecule has 0 radical (unpaired) electrons. The van der Waals surface area contributed by atoms with Crippen LogP contribution in [0.4, 0.5) is 0 Å². The number of likely N-dealkylation sites (tertiary alicyclic amines) is 1. The molecule has 1 fully saturated rings. The minimum atomic E-state index is -0.00573. The van der Waals surface area contributed by atoms with Crippen molar-refractivity contribution >= 4 is 5.91 Å². The van der Waals surface area contributed by atoms with Gasteiger partial charge in [0.15, 0.2) is 18.1 Å². The van der Waals surface area contributed by atoms with E-state index in [1.165, 1.54) is 0 Å². The summed E-state index contributed by atoms with van der Waals surface area (Å²) in [5.74, 6) is 1.63. The van der Waals surface area contributed by atoms with E-state index in [4.69, 9.17) is 15.2 Å². The standard InChI is InChI=1S/C20H24N2O3/c21-12-17-10-11-22(13-17)20(23)15-25-19-9-5-4-8-18(19)24-14-16-6-2-1-3-7-16/h1-9,17H,10-15,21H2/t17-/m1/s1. The lowest BCUT2D eigenvalue weighted by molar-refractivity contribution is -0.132. The first-order valence-corrected chi connectivity index (χ1v) is 8.62. The molecule has 3 rings (SSSR count). The predicted octanol–water partition coefficient (Wildman–Crippen LogP) is 2.45. The van der Waals surface area contributed by atoms with E-state index in [1.807, 2.05) is 59.5 Å². The van der Waals surface area contributed by atoms with Gasteiger partial charge in [0.25, 0.3) is 5.91 Å². The van der Waals surface area contributed by atoms with Gasteiger partial charge in [-0.15, -0.1) is 0 Å². The fraction of sp³-hybridized carbons (Fsp3) is 0.350. The summed E-state index contributed by atoms with van der Waals surface area (Å²) >= 11 is 0. The summed E-state index contributed by atoms with van der Waals surface area (Å²) in [6.45, 7) is 2.59. The summed E-state index contributed by atoms with van der Waals surface area (Å²) in [7, 11) is 0. The Morgan fingerprint density at radius 1 is 1.04 bits per heavy atom. The number of carbonyl (C=O) groups is 1. The third-order valence-corrected chi connectivity index (χ3v) is 4.41. The van der Waals surface area contributed by atoms with Crippen LogP contribution in [0.1, 0.15) is 12.0 Å². The number of amides is 1. The van der Waals surface area contributed by atoms with Crippen LogP contribution in [0.25, 0.3) is 0 Å². The number of para-hydroxylation sites is 2. The second kappa shape index (κ2) is 8.53. The Morgan fingerprint density at radius 3 is 2.40 bits per heavy atom. The van der Waals surface area contributed by atoms with Crippen molar-refractivity contribution in [2.24, 2.45) is 11.7 Å². The van der Waals surface area contributed by atoms with Crippen molar-refractivity contribution in [1.29, 1.82) is 0 Å². The number of nitrogens with two attached hydrogens (primary N) is 1. The van der Waals surface area contributed by atoms with Gasteiger partial charge >= 0.3 is 0 Å². The van der Waals surface area contributed by atoms with E-state index in [-0.39, 0.29) is 12.5 Å². The fourth-order valence-electron chi connectivity index (χ4n) is 2.91. The van der Waals surface area contributed by atoms with Crippen LogP contribution in [0, 0.1) is 5.92 Å². The van der Waals surface area contributed by atoms with Crippen molar-refractivity contribution in [1.82, 2.24) is 4.90 Å². The normalized spacial score (nSPS) is 16.7. The van der Waals surface area contributed by atoms with Crippen molar-refractivity contribution < 1.29 is 14.3 Å². The van der Waals surface area contributed by atoms with Gasteiger partial charge < -0.3 is 20.1 Å². The van der Waals surface area contributed by atoms with Gasteiger partial charge in [-0.3, -0.25) is 4.79 Å². The monoisotopic (exact) mass is 340 g/mol. The molecule has 0 aliphatic carbocycles. The third-order valence-electron chi connectivity index (χ3n) is 4.41. The summed E-state index contributed by atoms with van der Waals surface area (Å²) in [6.07, 6.45) is 0.971. The molecule has 0 saturated carbocycles. The Balaban J connectivity index is 1.55. The van der Waals surface area contributed by atoms with Crippen molar-refractivity contribution in [2.75, 3.05) is 26.2 Å². The number of carbonyl (C=O) groups excluding carboxylic acids is 1.